The molecule has 0 saturated carbocycles. The second-order valence-corrected chi connectivity index (χ2v) is 3.84. The van der Waals surface area contributed by atoms with E-state index in [1.165, 1.54) is 0 Å². The van der Waals surface area contributed by atoms with Crippen LogP contribution in [0.25, 0.3) is 0 Å². The maximum absolute atomic E-state index is 8.28. The molecule has 0 aromatic carbocycles. The van der Waals surface area contributed by atoms with Crippen molar-refractivity contribution in [3.63, 3.8) is 0 Å². The zero-order valence-electron chi connectivity index (χ0n) is 9.21. The highest BCUT2D eigenvalue weighted by Crippen LogP contribution is 2.04. The number of ether oxygens (including phenoxy) is 1. The second-order valence-electron chi connectivity index (χ2n) is 3.84. The van der Waals surface area contributed by atoms with Crippen LogP contribution in [0.2, 0.25) is 0 Å². The topological polar surface area (TPSA) is 79.9 Å². The Kier molecular flexibility index (Phi) is 6.23. The van der Waals surface area contributed by atoms with Crippen molar-refractivity contribution in [2.24, 2.45) is 10.9 Å². The zero-order chi connectivity index (χ0) is 11.0. The molecule has 0 aliphatic heterocycles. The highest BCUT2D eigenvalue weighted by atomic mass is 16.5. The molecule has 0 unspecified atom stereocenters. The standard InChI is InChI=1S/C9H21N3O2/c1-9(2,14-3)7-11-6-4-5-8(10)12-13/h11,13H,4-7H2,1-3H3,(H2,10,12). The Labute approximate surface area is 85.3 Å². The molecule has 0 rings (SSSR count). The van der Waals surface area contributed by atoms with Gasteiger partial charge >= 0.3 is 0 Å². The third-order valence-electron chi connectivity index (χ3n) is 2.02. The fourth-order valence-corrected chi connectivity index (χ4v) is 0.906. The van der Waals surface area contributed by atoms with Crippen LogP contribution in [0.15, 0.2) is 5.16 Å². The normalized spacial score (nSPS) is 13.2. The highest BCUT2D eigenvalue weighted by Gasteiger charge is 2.14. The number of hydrogen-bond donors (Lipinski definition) is 3. The molecule has 0 saturated heterocycles. The van der Waals surface area contributed by atoms with Gasteiger partial charge in [0.25, 0.3) is 0 Å². The van der Waals surface area contributed by atoms with E-state index in [0.29, 0.717) is 6.42 Å². The molecular weight excluding hydrogens is 182 g/mol. The number of nitrogens with two attached hydrogens (primary N) is 1. The Balaban J connectivity index is 3.39. The summed E-state index contributed by atoms with van der Waals surface area (Å²) >= 11 is 0. The number of hydrogen-bond acceptors (Lipinski definition) is 4. The van der Waals surface area contributed by atoms with Gasteiger partial charge in [0.1, 0.15) is 5.84 Å². The minimum Gasteiger partial charge on any atom is -0.409 e. The van der Waals surface area contributed by atoms with Crippen molar-refractivity contribution in [2.45, 2.75) is 32.3 Å². The smallest absolute Gasteiger partial charge is 0.139 e. The molecule has 0 heterocycles. The monoisotopic (exact) mass is 203 g/mol. The van der Waals surface area contributed by atoms with E-state index in [1.54, 1.807) is 7.11 Å². The van der Waals surface area contributed by atoms with Crippen molar-refractivity contribution < 1.29 is 9.94 Å². The molecule has 14 heavy (non-hydrogen) atoms. The van der Waals surface area contributed by atoms with Crippen LogP contribution in [0.4, 0.5) is 0 Å². The molecular formula is C9H21N3O2. The van der Waals surface area contributed by atoms with Crippen molar-refractivity contribution in [3.8, 4) is 0 Å². The zero-order valence-corrected chi connectivity index (χ0v) is 9.21. The molecule has 0 radical (unpaired) electrons. The second kappa shape index (κ2) is 6.62. The fraction of sp³-hybridized carbons (Fsp3) is 0.889. The van der Waals surface area contributed by atoms with E-state index in [0.717, 1.165) is 19.5 Å². The molecule has 5 heteroatoms. The summed E-state index contributed by atoms with van der Waals surface area (Å²) in [5, 5.41) is 14.4. The third-order valence-corrected chi connectivity index (χ3v) is 2.02. The van der Waals surface area contributed by atoms with E-state index in [4.69, 9.17) is 15.7 Å². The summed E-state index contributed by atoms with van der Waals surface area (Å²) in [4.78, 5) is 0. The summed E-state index contributed by atoms with van der Waals surface area (Å²) < 4.78 is 5.24. The van der Waals surface area contributed by atoms with Crippen LogP contribution in [0.5, 0.6) is 0 Å². The lowest BCUT2D eigenvalue weighted by Gasteiger charge is -2.23. The number of amidine groups is 1. The predicted octanol–water partition coefficient (Wildman–Crippen LogP) is 0.528. The van der Waals surface area contributed by atoms with E-state index in [-0.39, 0.29) is 11.4 Å². The lowest BCUT2D eigenvalue weighted by atomic mass is 10.1. The predicted molar refractivity (Wildman–Crippen MR) is 56.6 cm³/mol. The Hall–Kier alpha value is -0.810. The molecule has 0 aromatic rings. The number of rotatable bonds is 7. The Morgan fingerprint density at radius 2 is 2.21 bits per heavy atom. The van der Waals surface area contributed by atoms with Gasteiger partial charge < -0.3 is 21.0 Å². The van der Waals surface area contributed by atoms with Crippen LogP contribution in [0.3, 0.4) is 0 Å². The Bertz CT molecular complexity index is 181. The van der Waals surface area contributed by atoms with Crippen molar-refractivity contribution in [1.82, 2.24) is 5.32 Å². The molecule has 0 aliphatic carbocycles. The molecule has 0 aliphatic rings. The van der Waals surface area contributed by atoms with Gasteiger partial charge in [-0.2, -0.15) is 0 Å². The summed E-state index contributed by atoms with van der Waals surface area (Å²) in [6.07, 6.45) is 1.46. The maximum atomic E-state index is 8.28. The summed E-state index contributed by atoms with van der Waals surface area (Å²) in [5.74, 6) is 0.276. The van der Waals surface area contributed by atoms with Crippen LogP contribution >= 0.6 is 0 Å². The van der Waals surface area contributed by atoms with Crippen LogP contribution in [0.1, 0.15) is 26.7 Å². The minimum atomic E-state index is -0.142. The van der Waals surface area contributed by atoms with Crippen molar-refractivity contribution in [2.75, 3.05) is 20.2 Å². The van der Waals surface area contributed by atoms with Gasteiger partial charge in [0.05, 0.1) is 5.60 Å². The first-order chi connectivity index (χ1) is 6.52. The molecule has 0 amide bonds. The van der Waals surface area contributed by atoms with Gasteiger partial charge in [0.15, 0.2) is 0 Å². The van der Waals surface area contributed by atoms with Gasteiger partial charge in [0, 0.05) is 20.1 Å². The summed E-state index contributed by atoms with van der Waals surface area (Å²) in [5.41, 5.74) is 5.17. The van der Waals surface area contributed by atoms with Crippen LogP contribution in [-0.4, -0.2) is 36.8 Å². The number of oxime groups is 1. The van der Waals surface area contributed by atoms with Crippen molar-refractivity contribution in [1.29, 1.82) is 0 Å². The van der Waals surface area contributed by atoms with Gasteiger partial charge in [-0.15, -0.1) is 0 Å². The van der Waals surface area contributed by atoms with Crippen molar-refractivity contribution >= 4 is 5.84 Å². The molecule has 0 fully saturated rings. The molecule has 0 spiro atoms. The molecule has 0 bridgehead atoms. The minimum absolute atomic E-state index is 0.142. The van der Waals surface area contributed by atoms with Gasteiger partial charge in [-0.3, -0.25) is 0 Å². The average Bonchev–Trinajstić information content (AvgIpc) is 2.17. The largest absolute Gasteiger partial charge is 0.409 e. The van der Waals surface area contributed by atoms with Gasteiger partial charge in [-0.05, 0) is 26.8 Å². The maximum Gasteiger partial charge on any atom is 0.139 e. The lowest BCUT2D eigenvalue weighted by Crippen LogP contribution is -2.37. The van der Waals surface area contributed by atoms with E-state index < -0.39 is 0 Å². The SMILES string of the molecule is COC(C)(C)CNCCCC(N)=NO. The quantitative estimate of drug-likeness (QED) is 0.185. The first-order valence-corrected chi connectivity index (χ1v) is 4.74. The number of methoxy groups -OCH3 is 1. The van der Waals surface area contributed by atoms with E-state index in [1.807, 2.05) is 13.8 Å². The summed E-state index contributed by atoms with van der Waals surface area (Å²) in [7, 11) is 1.69. The van der Waals surface area contributed by atoms with E-state index in [9.17, 15) is 0 Å². The fourth-order valence-electron chi connectivity index (χ4n) is 0.906. The molecule has 4 N–H and O–H groups in total. The molecule has 84 valence electrons. The first-order valence-electron chi connectivity index (χ1n) is 4.74. The lowest BCUT2D eigenvalue weighted by molar-refractivity contribution is 0.0234. The van der Waals surface area contributed by atoms with Crippen molar-refractivity contribution in [3.05, 3.63) is 0 Å². The molecule has 0 aromatic heterocycles. The Morgan fingerprint density at radius 3 is 2.71 bits per heavy atom. The third kappa shape index (κ3) is 6.68. The summed E-state index contributed by atoms with van der Waals surface area (Å²) in [6, 6.07) is 0. The van der Waals surface area contributed by atoms with E-state index >= 15 is 0 Å². The number of nitrogens with zero attached hydrogens (tertiary/aromatic N) is 1. The number of nitrogens with one attached hydrogen (secondary N) is 1. The Morgan fingerprint density at radius 1 is 1.57 bits per heavy atom. The molecule has 0 atom stereocenters. The summed E-state index contributed by atoms with van der Waals surface area (Å²) in [6.45, 7) is 5.66. The van der Waals surface area contributed by atoms with E-state index in [2.05, 4.69) is 10.5 Å². The molecule has 5 nitrogen and oxygen atoms in total. The van der Waals surface area contributed by atoms with Gasteiger partial charge in [-0.25, -0.2) is 0 Å². The van der Waals surface area contributed by atoms with Crippen LogP contribution in [0, 0.1) is 0 Å². The van der Waals surface area contributed by atoms with Gasteiger partial charge in [0.2, 0.25) is 0 Å². The highest BCUT2D eigenvalue weighted by molar-refractivity contribution is 5.79. The average molecular weight is 203 g/mol. The van der Waals surface area contributed by atoms with Gasteiger partial charge in [-0.1, -0.05) is 5.16 Å². The first kappa shape index (κ1) is 13.2. The van der Waals surface area contributed by atoms with Crippen LogP contribution in [-0.2, 0) is 4.74 Å². The van der Waals surface area contributed by atoms with Crippen LogP contribution < -0.4 is 11.1 Å².